The molecule has 0 spiro atoms. The lowest BCUT2D eigenvalue weighted by molar-refractivity contribution is -0.143. The normalized spacial score (nSPS) is 23.8. The van der Waals surface area contributed by atoms with Crippen LogP contribution in [0.3, 0.4) is 0 Å². The SMILES string of the molecule is CCOC(=O)CC1CCc2sc3nc(Nc4ccccc4)nc(OC4CCC(N5CCOCC5)CC4)c3c21. The monoisotopic (exact) mass is 536 g/mol. The number of aromatic nitrogens is 2. The van der Waals surface area contributed by atoms with Gasteiger partial charge in [0.2, 0.25) is 11.8 Å². The molecule has 202 valence electrons. The van der Waals surface area contributed by atoms with Gasteiger partial charge in [0.1, 0.15) is 10.9 Å². The number of hydrogen-bond acceptors (Lipinski definition) is 9. The third kappa shape index (κ3) is 5.51. The maximum absolute atomic E-state index is 12.4. The van der Waals surface area contributed by atoms with E-state index in [1.807, 2.05) is 37.3 Å². The lowest BCUT2D eigenvalue weighted by Crippen LogP contribution is -2.46. The Bertz CT molecular complexity index is 1250. The average molecular weight is 537 g/mol. The molecule has 6 rings (SSSR count). The molecule has 1 N–H and O–H groups in total. The van der Waals surface area contributed by atoms with Crippen LogP contribution in [-0.4, -0.2) is 65.9 Å². The van der Waals surface area contributed by atoms with Crippen LogP contribution in [0, 0.1) is 0 Å². The molecule has 1 aliphatic heterocycles. The minimum atomic E-state index is -0.142. The summed E-state index contributed by atoms with van der Waals surface area (Å²) in [7, 11) is 0. The number of hydrogen-bond donors (Lipinski definition) is 1. The van der Waals surface area contributed by atoms with E-state index in [-0.39, 0.29) is 18.0 Å². The van der Waals surface area contributed by atoms with Gasteiger partial charge in [0.15, 0.2) is 0 Å². The molecule has 8 nitrogen and oxygen atoms in total. The molecule has 3 aromatic rings. The summed E-state index contributed by atoms with van der Waals surface area (Å²) >= 11 is 1.71. The first-order chi connectivity index (χ1) is 18.7. The summed E-state index contributed by atoms with van der Waals surface area (Å²) in [6.07, 6.45) is 6.68. The number of nitrogens with one attached hydrogen (secondary N) is 1. The molecule has 1 saturated carbocycles. The van der Waals surface area contributed by atoms with E-state index in [4.69, 9.17) is 24.2 Å². The van der Waals surface area contributed by atoms with Gasteiger partial charge in [0.25, 0.3) is 0 Å². The lowest BCUT2D eigenvalue weighted by Gasteiger charge is -2.38. The third-order valence-corrected chi connectivity index (χ3v) is 9.15. The zero-order chi connectivity index (χ0) is 25.9. The number of morpholine rings is 1. The molecule has 38 heavy (non-hydrogen) atoms. The Labute approximate surface area is 227 Å². The fourth-order valence-electron chi connectivity index (χ4n) is 6.15. The molecule has 0 bridgehead atoms. The topological polar surface area (TPSA) is 85.8 Å². The Balaban J connectivity index is 1.27. The number of thiophene rings is 1. The van der Waals surface area contributed by atoms with Gasteiger partial charge < -0.3 is 19.5 Å². The van der Waals surface area contributed by atoms with E-state index >= 15 is 0 Å². The molecule has 9 heteroatoms. The first-order valence-electron chi connectivity index (χ1n) is 14.0. The Morgan fingerprint density at radius 1 is 1.11 bits per heavy atom. The number of carbonyl (C=O) groups is 1. The molecule has 1 aromatic carbocycles. The summed E-state index contributed by atoms with van der Waals surface area (Å²) in [5.41, 5.74) is 2.13. The summed E-state index contributed by atoms with van der Waals surface area (Å²) in [4.78, 5) is 27.0. The summed E-state index contributed by atoms with van der Waals surface area (Å²) in [6, 6.07) is 10.6. The molecule has 2 aromatic heterocycles. The van der Waals surface area contributed by atoms with Crippen molar-refractivity contribution >= 4 is 39.2 Å². The van der Waals surface area contributed by atoms with Crippen LogP contribution in [-0.2, 0) is 20.7 Å². The van der Waals surface area contributed by atoms with Crippen molar-refractivity contribution in [1.82, 2.24) is 14.9 Å². The molecule has 1 saturated heterocycles. The van der Waals surface area contributed by atoms with E-state index in [0.29, 0.717) is 30.9 Å². The molecule has 1 unspecified atom stereocenters. The van der Waals surface area contributed by atoms with Crippen LogP contribution in [0.2, 0.25) is 0 Å². The number of rotatable bonds is 8. The highest BCUT2D eigenvalue weighted by Crippen LogP contribution is 2.48. The van der Waals surface area contributed by atoms with Crippen molar-refractivity contribution in [1.29, 1.82) is 0 Å². The highest BCUT2D eigenvalue weighted by Gasteiger charge is 2.34. The number of nitrogens with zero attached hydrogens (tertiary/aromatic N) is 3. The molecule has 2 aliphatic carbocycles. The molecule has 0 radical (unpaired) electrons. The van der Waals surface area contributed by atoms with Gasteiger partial charge in [-0.1, -0.05) is 18.2 Å². The van der Waals surface area contributed by atoms with Crippen LogP contribution in [0.15, 0.2) is 30.3 Å². The van der Waals surface area contributed by atoms with Gasteiger partial charge in [-0.3, -0.25) is 9.69 Å². The minimum absolute atomic E-state index is 0.119. The second-order valence-electron chi connectivity index (χ2n) is 10.4. The molecule has 1 atom stereocenters. The van der Waals surface area contributed by atoms with Crippen molar-refractivity contribution < 1.29 is 19.0 Å². The van der Waals surface area contributed by atoms with Crippen molar-refractivity contribution in [2.45, 2.75) is 69.9 Å². The number of ether oxygens (including phenoxy) is 3. The zero-order valence-electron chi connectivity index (χ0n) is 22.0. The van der Waals surface area contributed by atoms with Crippen LogP contribution in [0.25, 0.3) is 10.2 Å². The van der Waals surface area contributed by atoms with Gasteiger partial charge >= 0.3 is 5.97 Å². The fourth-order valence-corrected chi connectivity index (χ4v) is 7.41. The smallest absolute Gasteiger partial charge is 0.306 e. The predicted molar refractivity (Wildman–Crippen MR) is 149 cm³/mol. The van der Waals surface area contributed by atoms with Gasteiger partial charge in [-0.25, -0.2) is 4.98 Å². The van der Waals surface area contributed by atoms with Crippen LogP contribution < -0.4 is 10.1 Å². The Morgan fingerprint density at radius 2 is 1.89 bits per heavy atom. The maximum Gasteiger partial charge on any atom is 0.306 e. The quantitative estimate of drug-likeness (QED) is 0.381. The molecule has 2 fully saturated rings. The number of fused-ring (bicyclic) bond motifs is 3. The molecular formula is C29H36N4O4S. The number of aryl methyl sites for hydroxylation is 1. The van der Waals surface area contributed by atoms with Gasteiger partial charge in [-0.05, 0) is 69.1 Å². The maximum atomic E-state index is 12.4. The Kier molecular flexibility index (Phi) is 7.76. The molecule has 3 heterocycles. The summed E-state index contributed by atoms with van der Waals surface area (Å²) in [5.74, 6) is 1.17. The van der Waals surface area contributed by atoms with E-state index in [1.54, 1.807) is 11.3 Å². The number of esters is 1. The predicted octanol–water partition coefficient (Wildman–Crippen LogP) is 5.44. The van der Waals surface area contributed by atoms with Crippen molar-refractivity contribution in [2.24, 2.45) is 0 Å². The Morgan fingerprint density at radius 3 is 2.66 bits per heavy atom. The van der Waals surface area contributed by atoms with E-state index in [9.17, 15) is 4.79 Å². The Hall–Kier alpha value is -2.75. The van der Waals surface area contributed by atoms with E-state index in [2.05, 4.69) is 10.2 Å². The largest absolute Gasteiger partial charge is 0.474 e. The van der Waals surface area contributed by atoms with Gasteiger partial charge in [-0.15, -0.1) is 11.3 Å². The van der Waals surface area contributed by atoms with Crippen molar-refractivity contribution in [3.63, 3.8) is 0 Å². The van der Waals surface area contributed by atoms with Crippen molar-refractivity contribution in [3.8, 4) is 5.88 Å². The highest BCUT2D eigenvalue weighted by atomic mass is 32.1. The summed E-state index contributed by atoms with van der Waals surface area (Å²) < 4.78 is 17.6. The van der Waals surface area contributed by atoms with E-state index in [0.717, 1.165) is 80.7 Å². The second-order valence-corrected chi connectivity index (χ2v) is 11.5. The lowest BCUT2D eigenvalue weighted by atomic mass is 9.91. The van der Waals surface area contributed by atoms with Crippen LogP contribution >= 0.6 is 11.3 Å². The van der Waals surface area contributed by atoms with Gasteiger partial charge in [0.05, 0.1) is 31.6 Å². The third-order valence-electron chi connectivity index (χ3n) is 7.99. The molecule has 3 aliphatic rings. The van der Waals surface area contributed by atoms with E-state index in [1.165, 1.54) is 10.4 Å². The van der Waals surface area contributed by atoms with Gasteiger partial charge in [0, 0.05) is 29.7 Å². The fraction of sp³-hybridized carbons (Fsp3) is 0.552. The zero-order valence-corrected chi connectivity index (χ0v) is 22.8. The van der Waals surface area contributed by atoms with Crippen molar-refractivity contribution in [3.05, 3.63) is 40.8 Å². The first kappa shape index (κ1) is 25.5. The number of anilines is 2. The minimum Gasteiger partial charge on any atom is -0.474 e. The molecule has 0 amide bonds. The highest BCUT2D eigenvalue weighted by molar-refractivity contribution is 7.19. The average Bonchev–Trinajstić information content (AvgIpc) is 3.50. The van der Waals surface area contributed by atoms with Gasteiger partial charge in [-0.2, -0.15) is 4.98 Å². The second kappa shape index (κ2) is 11.6. The first-order valence-corrected chi connectivity index (χ1v) is 14.8. The van der Waals surface area contributed by atoms with Crippen LogP contribution in [0.5, 0.6) is 5.88 Å². The summed E-state index contributed by atoms with van der Waals surface area (Å²) in [5, 5.41) is 4.35. The standard InChI is InChI=1S/C29H36N4O4S/c1-2-36-24(34)18-19-8-13-23-25(19)26-27(31-29(32-28(26)38-23)30-20-6-4-3-5-7-20)37-22-11-9-21(10-12-22)33-14-16-35-17-15-33/h3-7,19,21-22H,2,8-18H2,1H3,(H,30,31,32). The van der Waals surface area contributed by atoms with E-state index < -0.39 is 0 Å². The molecular weight excluding hydrogens is 500 g/mol. The summed E-state index contributed by atoms with van der Waals surface area (Å²) in [6.45, 7) is 5.99. The number of para-hydroxylation sites is 1. The van der Waals surface area contributed by atoms with Crippen LogP contribution in [0.1, 0.15) is 61.8 Å². The van der Waals surface area contributed by atoms with Crippen LogP contribution in [0.4, 0.5) is 11.6 Å². The number of benzene rings is 1. The van der Waals surface area contributed by atoms with Crippen molar-refractivity contribution in [2.75, 3.05) is 38.2 Å². The number of carbonyl (C=O) groups excluding carboxylic acids is 1.